The molecule has 0 saturated carbocycles. The van der Waals surface area contributed by atoms with E-state index in [4.69, 9.17) is 9.47 Å². The van der Waals surface area contributed by atoms with Crippen LogP contribution in [0.3, 0.4) is 0 Å². The smallest absolute Gasteiger partial charge is 0.275 e. The van der Waals surface area contributed by atoms with Gasteiger partial charge in [-0.1, -0.05) is 0 Å². The quantitative estimate of drug-likeness (QED) is 0.632. The lowest BCUT2D eigenvalue weighted by Gasteiger charge is -2.11. The molecule has 1 heterocycles. The minimum Gasteiger partial charge on any atom is -0.496 e. The van der Waals surface area contributed by atoms with Crippen molar-refractivity contribution in [3.05, 3.63) is 28.3 Å². The Balaban J connectivity index is 1.94. The van der Waals surface area contributed by atoms with Crippen LogP contribution < -0.4 is 10.1 Å². The first-order valence-electron chi connectivity index (χ1n) is 6.38. The number of nitrogens with zero attached hydrogens (tertiary/aromatic N) is 1. The standard InChI is InChI=1S/C13H18N2O4/c1-18-13-8-10(7-11(9-13)15(16)17)14-5-4-12-3-2-6-19-12/h7-9,12,14H,2-6H2,1H3. The largest absolute Gasteiger partial charge is 0.496 e. The summed E-state index contributed by atoms with van der Waals surface area (Å²) in [7, 11) is 1.50. The molecular weight excluding hydrogens is 248 g/mol. The fourth-order valence-corrected chi connectivity index (χ4v) is 2.16. The predicted molar refractivity (Wildman–Crippen MR) is 71.7 cm³/mol. The van der Waals surface area contributed by atoms with Gasteiger partial charge in [-0.15, -0.1) is 0 Å². The Bertz CT molecular complexity index is 444. The molecule has 1 aromatic rings. The van der Waals surface area contributed by atoms with E-state index in [1.165, 1.54) is 19.2 Å². The van der Waals surface area contributed by atoms with Crippen LogP contribution in [0.2, 0.25) is 0 Å². The molecule has 0 aliphatic carbocycles. The van der Waals surface area contributed by atoms with Gasteiger partial charge in [-0.3, -0.25) is 10.1 Å². The van der Waals surface area contributed by atoms with Crippen molar-refractivity contribution < 1.29 is 14.4 Å². The number of nitro benzene ring substituents is 1. The number of rotatable bonds is 6. The van der Waals surface area contributed by atoms with Crippen molar-refractivity contribution in [2.75, 3.05) is 25.6 Å². The van der Waals surface area contributed by atoms with Crippen LogP contribution >= 0.6 is 0 Å². The van der Waals surface area contributed by atoms with E-state index in [9.17, 15) is 10.1 Å². The van der Waals surface area contributed by atoms with Gasteiger partial charge in [-0.25, -0.2) is 0 Å². The van der Waals surface area contributed by atoms with Gasteiger partial charge in [0, 0.05) is 31.0 Å². The highest BCUT2D eigenvalue weighted by Crippen LogP contribution is 2.26. The average molecular weight is 266 g/mol. The van der Waals surface area contributed by atoms with Crippen LogP contribution in [0.4, 0.5) is 11.4 Å². The summed E-state index contributed by atoms with van der Waals surface area (Å²) in [6.07, 6.45) is 3.44. The van der Waals surface area contributed by atoms with Crippen LogP contribution in [0, 0.1) is 10.1 Å². The summed E-state index contributed by atoms with van der Waals surface area (Å²) in [6, 6.07) is 4.67. The lowest BCUT2D eigenvalue weighted by atomic mass is 10.2. The number of methoxy groups -OCH3 is 1. The number of hydrogen-bond donors (Lipinski definition) is 1. The number of benzene rings is 1. The van der Waals surface area contributed by atoms with Crippen molar-refractivity contribution >= 4 is 11.4 Å². The molecule has 1 saturated heterocycles. The van der Waals surface area contributed by atoms with E-state index in [1.54, 1.807) is 6.07 Å². The van der Waals surface area contributed by atoms with E-state index < -0.39 is 4.92 Å². The monoisotopic (exact) mass is 266 g/mol. The van der Waals surface area contributed by atoms with Gasteiger partial charge < -0.3 is 14.8 Å². The second kappa shape index (κ2) is 6.38. The topological polar surface area (TPSA) is 73.6 Å². The highest BCUT2D eigenvalue weighted by Gasteiger charge is 2.15. The summed E-state index contributed by atoms with van der Waals surface area (Å²) >= 11 is 0. The summed E-state index contributed by atoms with van der Waals surface area (Å²) in [6.45, 7) is 1.57. The highest BCUT2D eigenvalue weighted by atomic mass is 16.6. The van der Waals surface area contributed by atoms with Crippen LogP contribution in [0.5, 0.6) is 5.75 Å². The molecule has 1 fully saturated rings. The fourth-order valence-electron chi connectivity index (χ4n) is 2.16. The third-order valence-electron chi connectivity index (χ3n) is 3.16. The zero-order valence-electron chi connectivity index (χ0n) is 10.9. The van der Waals surface area contributed by atoms with Gasteiger partial charge in [0.1, 0.15) is 5.75 Å². The number of anilines is 1. The minimum atomic E-state index is -0.423. The van der Waals surface area contributed by atoms with Crippen LogP contribution in [0.1, 0.15) is 19.3 Å². The Kier molecular flexibility index (Phi) is 4.57. The molecule has 1 atom stereocenters. The van der Waals surface area contributed by atoms with Crippen molar-refractivity contribution in [3.63, 3.8) is 0 Å². The molecule has 1 N–H and O–H groups in total. The maximum absolute atomic E-state index is 10.8. The van der Waals surface area contributed by atoms with Gasteiger partial charge in [0.05, 0.1) is 24.2 Å². The molecule has 6 heteroatoms. The first kappa shape index (κ1) is 13.6. The molecule has 1 aliphatic rings. The van der Waals surface area contributed by atoms with Crippen molar-refractivity contribution in [1.29, 1.82) is 0 Å². The van der Waals surface area contributed by atoms with Gasteiger partial charge in [-0.2, -0.15) is 0 Å². The minimum absolute atomic E-state index is 0.0268. The van der Waals surface area contributed by atoms with Crippen LogP contribution in [-0.4, -0.2) is 31.3 Å². The van der Waals surface area contributed by atoms with Crippen molar-refractivity contribution in [1.82, 2.24) is 0 Å². The summed E-state index contributed by atoms with van der Waals surface area (Å²) in [5.74, 6) is 0.480. The molecule has 0 aromatic heterocycles. The zero-order valence-corrected chi connectivity index (χ0v) is 10.9. The Morgan fingerprint density at radius 3 is 3.00 bits per heavy atom. The van der Waals surface area contributed by atoms with E-state index in [0.29, 0.717) is 17.5 Å². The number of ether oxygens (including phenoxy) is 2. The van der Waals surface area contributed by atoms with E-state index in [-0.39, 0.29) is 5.69 Å². The molecule has 104 valence electrons. The fraction of sp³-hybridized carbons (Fsp3) is 0.538. The van der Waals surface area contributed by atoms with E-state index in [0.717, 1.165) is 32.4 Å². The lowest BCUT2D eigenvalue weighted by molar-refractivity contribution is -0.384. The average Bonchev–Trinajstić information content (AvgIpc) is 2.91. The molecule has 2 rings (SSSR count). The molecule has 0 radical (unpaired) electrons. The second-order valence-corrected chi connectivity index (χ2v) is 4.53. The molecule has 0 amide bonds. The second-order valence-electron chi connectivity index (χ2n) is 4.53. The van der Waals surface area contributed by atoms with Crippen molar-refractivity contribution in [2.45, 2.75) is 25.4 Å². The Morgan fingerprint density at radius 2 is 2.37 bits per heavy atom. The van der Waals surface area contributed by atoms with Crippen molar-refractivity contribution in [3.8, 4) is 5.75 Å². The third-order valence-corrected chi connectivity index (χ3v) is 3.16. The summed E-state index contributed by atoms with van der Waals surface area (Å²) in [5.41, 5.74) is 0.725. The number of hydrogen-bond acceptors (Lipinski definition) is 5. The lowest BCUT2D eigenvalue weighted by Crippen LogP contribution is -2.12. The van der Waals surface area contributed by atoms with Crippen LogP contribution in [-0.2, 0) is 4.74 Å². The molecule has 6 nitrogen and oxygen atoms in total. The number of nitrogens with one attached hydrogen (secondary N) is 1. The van der Waals surface area contributed by atoms with E-state index in [1.807, 2.05) is 0 Å². The van der Waals surface area contributed by atoms with Gasteiger partial charge in [0.2, 0.25) is 0 Å². The maximum Gasteiger partial charge on any atom is 0.275 e. The summed E-state index contributed by atoms with van der Waals surface area (Å²) in [5, 5.41) is 14.0. The normalized spacial score (nSPS) is 18.3. The first-order chi connectivity index (χ1) is 9.19. The van der Waals surface area contributed by atoms with E-state index >= 15 is 0 Å². The molecular formula is C13H18N2O4. The molecule has 1 unspecified atom stereocenters. The highest BCUT2D eigenvalue weighted by molar-refractivity contribution is 5.56. The molecule has 1 aromatic carbocycles. The molecule has 0 bridgehead atoms. The zero-order chi connectivity index (χ0) is 13.7. The molecule has 0 spiro atoms. The van der Waals surface area contributed by atoms with Gasteiger partial charge in [0.25, 0.3) is 5.69 Å². The predicted octanol–water partition coefficient (Wildman–Crippen LogP) is 2.58. The first-order valence-corrected chi connectivity index (χ1v) is 6.38. The molecule has 1 aliphatic heterocycles. The van der Waals surface area contributed by atoms with Gasteiger partial charge in [0.15, 0.2) is 0 Å². The van der Waals surface area contributed by atoms with Crippen LogP contribution in [0.15, 0.2) is 18.2 Å². The number of nitro groups is 1. The summed E-state index contributed by atoms with van der Waals surface area (Å²) in [4.78, 5) is 10.4. The van der Waals surface area contributed by atoms with Gasteiger partial charge >= 0.3 is 0 Å². The third kappa shape index (κ3) is 3.82. The maximum atomic E-state index is 10.8. The SMILES string of the molecule is COc1cc(NCCC2CCCO2)cc([N+](=O)[O-])c1. The van der Waals surface area contributed by atoms with Crippen molar-refractivity contribution in [2.24, 2.45) is 0 Å². The number of non-ortho nitro benzene ring substituents is 1. The Hall–Kier alpha value is -1.82. The van der Waals surface area contributed by atoms with Crippen LogP contribution in [0.25, 0.3) is 0 Å². The summed E-state index contributed by atoms with van der Waals surface area (Å²) < 4.78 is 10.6. The Morgan fingerprint density at radius 1 is 1.53 bits per heavy atom. The molecule has 19 heavy (non-hydrogen) atoms. The Labute approximate surface area is 111 Å². The van der Waals surface area contributed by atoms with E-state index in [2.05, 4.69) is 5.32 Å². The van der Waals surface area contributed by atoms with Gasteiger partial charge in [-0.05, 0) is 19.3 Å².